The lowest BCUT2D eigenvalue weighted by atomic mass is 9.98. The minimum atomic E-state index is -0.695. The van der Waals surface area contributed by atoms with Crippen LogP contribution in [0.2, 0.25) is 0 Å². The number of amides is 1. The van der Waals surface area contributed by atoms with E-state index in [0.29, 0.717) is 6.54 Å². The average Bonchev–Trinajstić information content (AvgIpc) is 2.45. The Bertz CT molecular complexity index is 712. The SMILES string of the molecule is Cc1ccc2c(c1)CCCN2C(=O)c1ccc(O)cc1F. The van der Waals surface area contributed by atoms with Gasteiger partial charge in [-0.2, -0.15) is 0 Å². The van der Waals surface area contributed by atoms with Gasteiger partial charge in [-0.1, -0.05) is 17.7 Å². The van der Waals surface area contributed by atoms with E-state index >= 15 is 0 Å². The molecule has 1 N–H and O–H groups in total. The third kappa shape index (κ3) is 2.49. The summed E-state index contributed by atoms with van der Waals surface area (Å²) in [6.45, 7) is 2.59. The number of phenolic OH excluding ortho intramolecular Hbond substituents is 1. The van der Waals surface area contributed by atoms with Crippen LogP contribution in [0.25, 0.3) is 0 Å². The van der Waals surface area contributed by atoms with E-state index in [2.05, 4.69) is 6.07 Å². The van der Waals surface area contributed by atoms with E-state index in [-0.39, 0.29) is 17.2 Å². The number of aromatic hydroxyl groups is 1. The first kappa shape index (κ1) is 13.6. The number of rotatable bonds is 1. The molecule has 3 rings (SSSR count). The molecule has 21 heavy (non-hydrogen) atoms. The van der Waals surface area contributed by atoms with Crippen LogP contribution in [-0.2, 0) is 6.42 Å². The molecule has 0 saturated carbocycles. The van der Waals surface area contributed by atoms with E-state index in [1.165, 1.54) is 12.1 Å². The summed E-state index contributed by atoms with van der Waals surface area (Å²) in [5, 5.41) is 9.25. The molecule has 0 aromatic heterocycles. The van der Waals surface area contributed by atoms with Crippen LogP contribution < -0.4 is 4.90 Å². The summed E-state index contributed by atoms with van der Waals surface area (Å²) in [4.78, 5) is 14.2. The summed E-state index contributed by atoms with van der Waals surface area (Å²) in [6, 6.07) is 9.57. The molecular weight excluding hydrogens is 269 g/mol. The molecule has 0 bridgehead atoms. The first-order valence-corrected chi connectivity index (χ1v) is 6.96. The van der Waals surface area contributed by atoms with Gasteiger partial charge in [-0.05, 0) is 43.5 Å². The molecule has 0 fully saturated rings. The fraction of sp³-hybridized carbons (Fsp3) is 0.235. The Kier molecular flexibility index (Phi) is 3.37. The van der Waals surface area contributed by atoms with Gasteiger partial charge in [0, 0.05) is 18.3 Å². The Hall–Kier alpha value is -2.36. The molecule has 1 aliphatic rings. The fourth-order valence-corrected chi connectivity index (χ4v) is 2.76. The second-order valence-electron chi connectivity index (χ2n) is 5.36. The maximum absolute atomic E-state index is 13.9. The Labute approximate surface area is 122 Å². The first-order valence-electron chi connectivity index (χ1n) is 6.96. The normalized spacial score (nSPS) is 13.9. The maximum atomic E-state index is 13.9. The Morgan fingerprint density at radius 3 is 2.81 bits per heavy atom. The van der Waals surface area contributed by atoms with Crippen molar-refractivity contribution in [3.05, 3.63) is 58.9 Å². The smallest absolute Gasteiger partial charge is 0.261 e. The lowest BCUT2D eigenvalue weighted by Gasteiger charge is -2.30. The number of nitrogens with zero attached hydrogens (tertiary/aromatic N) is 1. The van der Waals surface area contributed by atoms with Crippen molar-refractivity contribution >= 4 is 11.6 Å². The van der Waals surface area contributed by atoms with Gasteiger partial charge in [0.2, 0.25) is 0 Å². The minimum absolute atomic E-state index is 0.0128. The zero-order valence-electron chi connectivity index (χ0n) is 11.8. The summed E-state index contributed by atoms with van der Waals surface area (Å²) >= 11 is 0. The largest absolute Gasteiger partial charge is 0.508 e. The van der Waals surface area contributed by atoms with Gasteiger partial charge in [-0.3, -0.25) is 4.79 Å². The molecule has 0 unspecified atom stereocenters. The number of carbonyl (C=O) groups is 1. The molecule has 0 atom stereocenters. The minimum Gasteiger partial charge on any atom is -0.508 e. The van der Waals surface area contributed by atoms with Crippen LogP contribution in [0.4, 0.5) is 10.1 Å². The second-order valence-corrected chi connectivity index (χ2v) is 5.36. The summed E-state index contributed by atoms with van der Waals surface area (Å²) < 4.78 is 13.9. The molecule has 0 aliphatic carbocycles. The summed E-state index contributed by atoms with van der Waals surface area (Å²) in [6.07, 6.45) is 1.79. The van der Waals surface area contributed by atoms with Crippen molar-refractivity contribution in [1.82, 2.24) is 0 Å². The molecule has 0 spiro atoms. The molecule has 0 radical (unpaired) electrons. The third-order valence-corrected chi connectivity index (χ3v) is 3.78. The summed E-state index contributed by atoms with van der Waals surface area (Å²) in [7, 11) is 0. The highest BCUT2D eigenvalue weighted by Crippen LogP contribution is 2.30. The maximum Gasteiger partial charge on any atom is 0.261 e. The second kappa shape index (κ2) is 5.20. The van der Waals surface area contributed by atoms with Crippen molar-refractivity contribution in [2.45, 2.75) is 19.8 Å². The fourth-order valence-electron chi connectivity index (χ4n) is 2.76. The zero-order valence-corrected chi connectivity index (χ0v) is 11.8. The van der Waals surface area contributed by atoms with Gasteiger partial charge in [-0.15, -0.1) is 0 Å². The molecular formula is C17H16FNO2. The topological polar surface area (TPSA) is 40.5 Å². The quantitative estimate of drug-likeness (QED) is 0.872. The van der Waals surface area contributed by atoms with Gasteiger partial charge in [0.25, 0.3) is 5.91 Å². The van der Waals surface area contributed by atoms with Gasteiger partial charge in [0.05, 0.1) is 5.56 Å². The van der Waals surface area contributed by atoms with Gasteiger partial charge in [0.1, 0.15) is 11.6 Å². The van der Waals surface area contributed by atoms with Gasteiger partial charge in [0.15, 0.2) is 0 Å². The molecule has 1 heterocycles. The highest BCUT2D eigenvalue weighted by atomic mass is 19.1. The average molecular weight is 285 g/mol. The Morgan fingerprint density at radius 2 is 2.05 bits per heavy atom. The standard InChI is InChI=1S/C17H16FNO2/c1-11-4-7-16-12(9-11)3-2-8-19(16)17(21)14-6-5-13(20)10-15(14)18/h4-7,9-10,20H,2-3,8H2,1H3. The number of carbonyl (C=O) groups excluding carboxylic acids is 1. The van der Waals surface area contributed by atoms with Crippen LogP contribution in [-0.4, -0.2) is 17.6 Å². The van der Waals surface area contributed by atoms with Crippen molar-refractivity contribution in [2.24, 2.45) is 0 Å². The van der Waals surface area contributed by atoms with Gasteiger partial charge >= 0.3 is 0 Å². The first-order chi connectivity index (χ1) is 10.1. The third-order valence-electron chi connectivity index (χ3n) is 3.78. The molecule has 108 valence electrons. The molecule has 1 aliphatic heterocycles. The van der Waals surface area contributed by atoms with Gasteiger partial charge < -0.3 is 10.0 Å². The van der Waals surface area contributed by atoms with Crippen molar-refractivity contribution in [3.63, 3.8) is 0 Å². The van der Waals surface area contributed by atoms with Crippen LogP contribution in [0.3, 0.4) is 0 Å². The zero-order chi connectivity index (χ0) is 15.0. The van der Waals surface area contributed by atoms with E-state index in [4.69, 9.17) is 0 Å². The molecule has 0 saturated heterocycles. The predicted octanol–water partition coefficient (Wildman–Crippen LogP) is 3.43. The Balaban J connectivity index is 2.00. The number of phenols is 1. The lowest BCUT2D eigenvalue weighted by molar-refractivity contribution is 0.0981. The molecule has 2 aromatic carbocycles. The van der Waals surface area contributed by atoms with E-state index in [0.717, 1.165) is 35.7 Å². The number of benzene rings is 2. The molecule has 3 nitrogen and oxygen atoms in total. The Morgan fingerprint density at radius 1 is 1.24 bits per heavy atom. The molecule has 4 heteroatoms. The van der Waals surface area contributed by atoms with Crippen molar-refractivity contribution in [2.75, 3.05) is 11.4 Å². The number of fused-ring (bicyclic) bond motifs is 1. The number of anilines is 1. The number of hydrogen-bond acceptors (Lipinski definition) is 2. The van der Waals surface area contributed by atoms with Crippen molar-refractivity contribution in [3.8, 4) is 5.75 Å². The molecule has 2 aromatic rings. The highest BCUT2D eigenvalue weighted by molar-refractivity contribution is 6.07. The van der Waals surface area contributed by atoms with Crippen LogP contribution in [0.1, 0.15) is 27.9 Å². The van der Waals surface area contributed by atoms with Gasteiger partial charge in [-0.25, -0.2) is 4.39 Å². The molecule has 1 amide bonds. The predicted molar refractivity (Wildman–Crippen MR) is 79.2 cm³/mol. The van der Waals surface area contributed by atoms with E-state index in [1.807, 2.05) is 19.1 Å². The van der Waals surface area contributed by atoms with E-state index in [9.17, 15) is 14.3 Å². The number of halogens is 1. The van der Waals surface area contributed by atoms with Crippen molar-refractivity contribution < 1.29 is 14.3 Å². The lowest BCUT2D eigenvalue weighted by Crippen LogP contribution is -2.36. The van der Waals surface area contributed by atoms with Crippen LogP contribution in [0.5, 0.6) is 5.75 Å². The van der Waals surface area contributed by atoms with E-state index < -0.39 is 5.82 Å². The number of aryl methyl sites for hydroxylation is 2. The summed E-state index contributed by atoms with van der Waals surface area (Å²) in [5.74, 6) is -1.24. The summed E-state index contributed by atoms with van der Waals surface area (Å²) in [5.41, 5.74) is 3.11. The van der Waals surface area contributed by atoms with E-state index in [1.54, 1.807) is 4.90 Å². The van der Waals surface area contributed by atoms with Crippen LogP contribution in [0, 0.1) is 12.7 Å². The van der Waals surface area contributed by atoms with Crippen LogP contribution in [0.15, 0.2) is 36.4 Å². The monoisotopic (exact) mass is 285 g/mol. The van der Waals surface area contributed by atoms with Crippen LogP contribution >= 0.6 is 0 Å². The highest BCUT2D eigenvalue weighted by Gasteiger charge is 2.25. The number of hydrogen-bond donors (Lipinski definition) is 1. The van der Waals surface area contributed by atoms with Crippen molar-refractivity contribution in [1.29, 1.82) is 0 Å².